The fourth-order valence-electron chi connectivity index (χ4n) is 4.02. The lowest BCUT2D eigenvalue weighted by Gasteiger charge is -2.13. The van der Waals surface area contributed by atoms with Crippen LogP contribution in [-0.4, -0.2) is 41.7 Å². The molecule has 9 nitrogen and oxygen atoms in total. The van der Waals surface area contributed by atoms with Gasteiger partial charge in [0.25, 0.3) is 5.56 Å². The van der Waals surface area contributed by atoms with Gasteiger partial charge in [0.15, 0.2) is 11.9 Å². The third-order valence-corrected chi connectivity index (χ3v) is 5.83. The largest absolute Gasteiger partial charge is 0.496 e. The zero-order valence-corrected chi connectivity index (χ0v) is 21.1. The standard InChI is InChI=1S/C29H25N3O6/c1-4-36-29(34)18(2)37-20-10-7-9-19(15-20)17-30-32-27(31-23-12-6-5-11-21(23)28(32)33)26-16-22-24(35-3)13-8-14-25(22)38-26/h5-18H,4H2,1-3H3/t18-/m0/s1. The summed E-state index contributed by atoms with van der Waals surface area (Å²) in [5, 5.41) is 5.65. The predicted octanol–water partition coefficient (Wildman–Crippen LogP) is 5.03. The molecule has 2 aromatic heterocycles. The Hall–Kier alpha value is -4.92. The van der Waals surface area contributed by atoms with Gasteiger partial charge < -0.3 is 18.6 Å². The van der Waals surface area contributed by atoms with Crippen molar-refractivity contribution in [3.05, 3.63) is 88.7 Å². The quantitative estimate of drug-likeness (QED) is 0.212. The maximum atomic E-state index is 13.5. The summed E-state index contributed by atoms with van der Waals surface area (Å²) in [6, 6.07) is 21.3. The Kier molecular flexibility index (Phi) is 6.90. The minimum atomic E-state index is -0.772. The number of aromatic nitrogens is 2. The maximum absolute atomic E-state index is 13.5. The van der Waals surface area contributed by atoms with Crippen LogP contribution in [0.5, 0.6) is 11.5 Å². The minimum Gasteiger partial charge on any atom is -0.496 e. The Morgan fingerprint density at radius 2 is 1.89 bits per heavy atom. The van der Waals surface area contributed by atoms with Crippen LogP contribution >= 0.6 is 0 Å². The molecule has 0 spiro atoms. The van der Waals surface area contributed by atoms with Crippen molar-refractivity contribution in [1.29, 1.82) is 0 Å². The fraction of sp³-hybridized carbons (Fsp3) is 0.172. The summed E-state index contributed by atoms with van der Waals surface area (Å²) in [4.78, 5) is 30.1. The van der Waals surface area contributed by atoms with Crippen LogP contribution in [-0.2, 0) is 9.53 Å². The van der Waals surface area contributed by atoms with Crippen LogP contribution in [0.15, 0.2) is 87.1 Å². The van der Waals surface area contributed by atoms with Gasteiger partial charge in [-0.05, 0) is 61.9 Å². The SMILES string of the molecule is CCOC(=O)[C@H](C)Oc1cccc(C=Nn2c(-c3cc4c(OC)cccc4o3)nc3ccccc3c2=O)c1. The van der Waals surface area contributed by atoms with E-state index in [2.05, 4.69) is 5.10 Å². The Morgan fingerprint density at radius 1 is 1.08 bits per heavy atom. The molecule has 9 heteroatoms. The molecule has 0 bridgehead atoms. The van der Waals surface area contributed by atoms with Crippen LogP contribution < -0.4 is 15.0 Å². The number of ether oxygens (including phenoxy) is 3. The van der Waals surface area contributed by atoms with Crippen LogP contribution in [0.4, 0.5) is 0 Å². The number of hydrogen-bond acceptors (Lipinski definition) is 8. The summed E-state index contributed by atoms with van der Waals surface area (Å²) >= 11 is 0. The summed E-state index contributed by atoms with van der Waals surface area (Å²) < 4.78 is 23.4. The first-order valence-corrected chi connectivity index (χ1v) is 12.0. The Balaban J connectivity index is 1.57. The van der Waals surface area contributed by atoms with E-state index in [-0.39, 0.29) is 18.0 Å². The summed E-state index contributed by atoms with van der Waals surface area (Å²) in [5.74, 6) is 1.26. The van der Waals surface area contributed by atoms with Gasteiger partial charge in [0.05, 0.1) is 36.2 Å². The first kappa shape index (κ1) is 24.8. The van der Waals surface area contributed by atoms with E-state index in [4.69, 9.17) is 23.6 Å². The lowest BCUT2D eigenvalue weighted by Crippen LogP contribution is -2.26. The van der Waals surface area contributed by atoms with Crippen molar-refractivity contribution >= 4 is 34.1 Å². The highest BCUT2D eigenvalue weighted by molar-refractivity contribution is 5.88. The molecule has 1 atom stereocenters. The first-order chi connectivity index (χ1) is 18.5. The summed E-state index contributed by atoms with van der Waals surface area (Å²) in [7, 11) is 1.58. The monoisotopic (exact) mass is 511 g/mol. The molecule has 0 saturated heterocycles. The number of methoxy groups -OCH3 is 1. The van der Waals surface area contributed by atoms with E-state index in [9.17, 15) is 9.59 Å². The second-order valence-corrected chi connectivity index (χ2v) is 8.38. The van der Waals surface area contributed by atoms with Crippen molar-refractivity contribution in [3.8, 4) is 23.1 Å². The van der Waals surface area contributed by atoms with E-state index in [1.807, 2.05) is 24.3 Å². The lowest BCUT2D eigenvalue weighted by atomic mass is 10.2. The maximum Gasteiger partial charge on any atom is 0.347 e. The Labute approximate surface area is 217 Å². The van der Waals surface area contributed by atoms with Gasteiger partial charge in [-0.2, -0.15) is 9.78 Å². The van der Waals surface area contributed by atoms with Gasteiger partial charge in [0.1, 0.15) is 17.1 Å². The van der Waals surface area contributed by atoms with Crippen molar-refractivity contribution in [2.75, 3.05) is 13.7 Å². The molecule has 0 aliphatic heterocycles. The number of nitrogens with zero attached hydrogens (tertiary/aromatic N) is 3. The average Bonchev–Trinajstić information content (AvgIpc) is 3.37. The Morgan fingerprint density at radius 3 is 2.71 bits per heavy atom. The van der Waals surface area contributed by atoms with Crippen molar-refractivity contribution in [3.63, 3.8) is 0 Å². The smallest absolute Gasteiger partial charge is 0.347 e. The van der Waals surface area contributed by atoms with Gasteiger partial charge in [-0.1, -0.05) is 30.3 Å². The molecule has 0 amide bonds. The zero-order valence-electron chi connectivity index (χ0n) is 21.1. The molecular weight excluding hydrogens is 486 g/mol. The zero-order chi connectivity index (χ0) is 26.6. The number of carbonyl (C=O) groups is 1. The normalized spacial score (nSPS) is 12.2. The van der Waals surface area contributed by atoms with E-state index in [1.54, 1.807) is 69.5 Å². The lowest BCUT2D eigenvalue weighted by molar-refractivity contribution is -0.150. The van der Waals surface area contributed by atoms with Crippen molar-refractivity contribution in [1.82, 2.24) is 9.66 Å². The van der Waals surface area contributed by atoms with Gasteiger partial charge in [-0.3, -0.25) is 4.79 Å². The molecule has 192 valence electrons. The molecule has 2 heterocycles. The third kappa shape index (κ3) is 4.86. The van der Waals surface area contributed by atoms with E-state index in [0.29, 0.717) is 39.3 Å². The predicted molar refractivity (Wildman–Crippen MR) is 144 cm³/mol. The number of furan rings is 1. The van der Waals surface area contributed by atoms with Crippen LogP contribution in [0.1, 0.15) is 19.4 Å². The minimum absolute atomic E-state index is 0.242. The molecule has 0 aliphatic carbocycles. The van der Waals surface area contributed by atoms with Crippen molar-refractivity contribution < 1.29 is 23.4 Å². The van der Waals surface area contributed by atoms with Gasteiger partial charge in [-0.15, -0.1) is 0 Å². The van der Waals surface area contributed by atoms with E-state index >= 15 is 0 Å². The molecule has 5 aromatic rings. The van der Waals surface area contributed by atoms with Crippen molar-refractivity contribution in [2.24, 2.45) is 5.10 Å². The number of hydrogen-bond donors (Lipinski definition) is 0. The molecule has 0 unspecified atom stereocenters. The summed E-state index contributed by atoms with van der Waals surface area (Å²) in [6.45, 7) is 3.63. The molecule has 3 aromatic carbocycles. The summed E-state index contributed by atoms with van der Waals surface area (Å²) in [6.07, 6.45) is 0.748. The molecule has 38 heavy (non-hydrogen) atoms. The van der Waals surface area contributed by atoms with Gasteiger partial charge >= 0.3 is 5.97 Å². The third-order valence-electron chi connectivity index (χ3n) is 5.83. The van der Waals surface area contributed by atoms with E-state index in [0.717, 1.165) is 5.39 Å². The molecule has 0 saturated carbocycles. The number of fused-ring (bicyclic) bond motifs is 2. The first-order valence-electron chi connectivity index (χ1n) is 12.0. The summed E-state index contributed by atoms with van der Waals surface area (Å²) in [5.41, 5.74) is 1.42. The van der Waals surface area contributed by atoms with Crippen molar-refractivity contribution in [2.45, 2.75) is 20.0 Å². The molecule has 5 rings (SSSR count). The molecule has 0 N–H and O–H groups in total. The highest BCUT2D eigenvalue weighted by Gasteiger charge is 2.18. The van der Waals surface area contributed by atoms with E-state index < -0.39 is 12.1 Å². The average molecular weight is 512 g/mol. The molecule has 0 aliphatic rings. The fourth-order valence-corrected chi connectivity index (χ4v) is 4.02. The number of rotatable bonds is 8. The highest BCUT2D eigenvalue weighted by atomic mass is 16.6. The number of carbonyl (C=O) groups excluding carboxylic acids is 1. The van der Waals surface area contributed by atoms with Gasteiger partial charge in [0.2, 0.25) is 5.82 Å². The second-order valence-electron chi connectivity index (χ2n) is 8.38. The Bertz CT molecular complexity index is 1720. The number of benzene rings is 3. The van der Waals surface area contributed by atoms with Crippen LogP contribution in [0.25, 0.3) is 33.5 Å². The van der Waals surface area contributed by atoms with Crippen LogP contribution in [0.2, 0.25) is 0 Å². The topological polar surface area (TPSA) is 105 Å². The van der Waals surface area contributed by atoms with Gasteiger partial charge in [-0.25, -0.2) is 9.78 Å². The molecule has 0 radical (unpaired) electrons. The molecular formula is C29H25N3O6. The van der Waals surface area contributed by atoms with Crippen LogP contribution in [0, 0.1) is 0 Å². The van der Waals surface area contributed by atoms with Crippen LogP contribution in [0.3, 0.4) is 0 Å². The number of para-hydroxylation sites is 1. The highest BCUT2D eigenvalue weighted by Crippen LogP contribution is 2.32. The second kappa shape index (κ2) is 10.6. The molecule has 0 fully saturated rings. The van der Waals surface area contributed by atoms with Gasteiger partial charge in [0, 0.05) is 0 Å². The number of esters is 1. The van der Waals surface area contributed by atoms with E-state index in [1.165, 1.54) is 10.9 Å².